The van der Waals surface area contributed by atoms with Gasteiger partial charge >= 0.3 is 5.97 Å². The number of benzene rings is 2. The molecule has 0 aliphatic carbocycles. The molecule has 0 saturated heterocycles. The first-order chi connectivity index (χ1) is 19.5. The lowest BCUT2D eigenvalue weighted by Gasteiger charge is -2.14. The molecule has 2 unspecified atom stereocenters. The molecular weight excluding hydrogens is 668 g/mol. The second-order valence-corrected chi connectivity index (χ2v) is 10.9. The molecule has 6 rings (SSSR count). The number of rotatable bonds is 4. The van der Waals surface area contributed by atoms with E-state index in [-0.39, 0.29) is 24.5 Å². The molecule has 13 nitrogen and oxygen atoms in total. The van der Waals surface area contributed by atoms with Crippen molar-refractivity contribution in [1.29, 1.82) is 0 Å². The van der Waals surface area contributed by atoms with E-state index in [1.807, 2.05) is 12.1 Å². The lowest BCUT2D eigenvalue weighted by atomic mass is 10.2. The van der Waals surface area contributed by atoms with Gasteiger partial charge in [-0.25, -0.2) is 14.8 Å². The highest BCUT2D eigenvalue weighted by Gasteiger charge is 2.29. The number of carboxylic acid groups (broad SMARTS) is 1. The highest BCUT2D eigenvalue weighted by molar-refractivity contribution is 9.10. The minimum Gasteiger partial charge on any atom is -0.485 e. The predicted molar refractivity (Wildman–Crippen MR) is 151 cm³/mol. The number of aromatic nitrogens is 4. The van der Waals surface area contributed by atoms with Gasteiger partial charge in [-0.05, 0) is 36.4 Å². The van der Waals surface area contributed by atoms with Gasteiger partial charge in [-0.15, -0.1) is 0 Å². The van der Waals surface area contributed by atoms with Gasteiger partial charge in [0.15, 0.2) is 0 Å². The van der Waals surface area contributed by atoms with E-state index >= 15 is 0 Å². The number of nitrogens with two attached hydrogens (primary N) is 2. The van der Waals surface area contributed by atoms with Crippen LogP contribution < -0.4 is 20.9 Å². The van der Waals surface area contributed by atoms with Crippen LogP contribution >= 0.6 is 31.9 Å². The van der Waals surface area contributed by atoms with Gasteiger partial charge in [0.2, 0.25) is 6.10 Å². The number of carbonyl (C=O) groups is 3. The van der Waals surface area contributed by atoms with Crippen LogP contribution in [0.5, 0.6) is 11.5 Å². The summed E-state index contributed by atoms with van der Waals surface area (Å²) >= 11 is 6.75. The first-order valence-corrected chi connectivity index (χ1v) is 13.6. The molecule has 4 aromatic rings. The van der Waals surface area contributed by atoms with Crippen molar-refractivity contribution < 1.29 is 34.1 Å². The number of amides is 2. The van der Waals surface area contributed by atoms with Gasteiger partial charge in [-0.1, -0.05) is 31.9 Å². The zero-order chi connectivity index (χ0) is 29.4. The van der Waals surface area contributed by atoms with Crippen LogP contribution in [0.1, 0.15) is 21.0 Å². The van der Waals surface area contributed by atoms with Crippen molar-refractivity contribution in [3.05, 3.63) is 69.1 Å². The summed E-state index contributed by atoms with van der Waals surface area (Å²) in [4.78, 5) is 42.3. The third-order valence-corrected chi connectivity index (χ3v) is 7.21. The van der Waals surface area contributed by atoms with E-state index in [4.69, 9.17) is 20.9 Å². The molecule has 4 heterocycles. The van der Waals surface area contributed by atoms with Gasteiger partial charge in [0.1, 0.15) is 40.6 Å². The van der Waals surface area contributed by atoms with Crippen LogP contribution in [0.4, 0.5) is 0 Å². The summed E-state index contributed by atoms with van der Waals surface area (Å²) in [6, 6.07) is 10.7. The maximum absolute atomic E-state index is 11.3. The Hall–Kier alpha value is -4.21. The van der Waals surface area contributed by atoms with Crippen molar-refractivity contribution in [2.75, 3.05) is 6.61 Å². The monoisotopic (exact) mass is 688 g/mol. The minimum absolute atomic E-state index is 0.0389. The molecule has 2 atom stereocenters. The smallest absolute Gasteiger partial charge is 0.346 e. The molecule has 2 aliphatic heterocycles. The molecule has 0 radical (unpaired) electrons. The maximum Gasteiger partial charge on any atom is 0.346 e. The van der Waals surface area contributed by atoms with Crippen LogP contribution in [0.15, 0.2) is 57.7 Å². The fourth-order valence-corrected chi connectivity index (χ4v) is 5.09. The Balaban J connectivity index is 0.000000165. The van der Waals surface area contributed by atoms with Crippen molar-refractivity contribution in [2.24, 2.45) is 11.5 Å². The number of aliphatic carboxylic acids is 1. The third-order valence-electron chi connectivity index (χ3n) is 6.23. The van der Waals surface area contributed by atoms with Gasteiger partial charge in [0.05, 0.1) is 30.8 Å². The molecular formula is C26H22Br2N6O7. The van der Waals surface area contributed by atoms with Crippen molar-refractivity contribution in [3.8, 4) is 34.3 Å². The molecule has 2 aromatic heterocycles. The largest absolute Gasteiger partial charge is 0.485 e. The summed E-state index contributed by atoms with van der Waals surface area (Å²) in [6.07, 6.45) is 1.55. The topological polar surface area (TPSA) is 198 Å². The molecule has 0 bridgehead atoms. The average Bonchev–Trinajstić information content (AvgIpc) is 3.47. The molecule has 0 spiro atoms. The Morgan fingerprint density at radius 3 is 1.80 bits per heavy atom. The van der Waals surface area contributed by atoms with E-state index in [9.17, 15) is 24.6 Å². The van der Waals surface area contributed by atoms with Gasteiger partial charge in [0, 0.05) is 21.3 Å². The summed E-state index contributed by atoms with van der Waals surface area (Å²) in [5, 5.41) is 18.6. The predicted octanol–water partition coefficient (Wildman–Crippen LogP) is 2.42. The molecule has 2 aromatic carbocycles. The fraction of sp³-hybridized carbons (Fsp3) is 0.192. The van der Waals surface area contributed by atoms with E-state index < -0.39 is 30.0 Å². The molecule has 15 heteroatoms. The first-order valence-electron chi connectivity index (χ1n) is 12.0. The molecule has 0 saturated carbocycles. The Morgan fingerprint density at radius 2 is 1.34 bits per heavy atom. The summed E-state index contributed by atoms with van der Waals surface area (Å²) in [5.41, 5.74) is 12.1. The Labute approximate surface area is 249 Å². The summed E-state index contributed by atoms with van der Waals surface area (Å²) in [7, 11) is 0. The fourth-order valence-electron chi connectivity index (χ4n) is 4.37. The molecule has 2 amide bonds. The highest BCUT2D eigenvalue weighted by atomic mass is 79.9. The number of aliphatic hydroxyl groups excluding tert-OH is 1. The number of halogens is 2. The second kappa shape index (κ2) is 11.3. The normalized spacial score (nSPS) is 16.6. The SMILES string of the molecule is NC(=O)c1cn2c(n1)-c1cc(Br)ccc1OC(C(=O)O)C2.NC(=O)c1cn2c(n1)-c1cc(Br)ccc1OC(CO)C2. The van der Waals surface area contributed by atoms with Gasteiger partial charge in [-0.2, -0.15) is 0 Å². The number of nitrogens with zero attached hydrogens (tertiary/aromatic N) is 4. The van der Waals surface area contributed by atoms with E-state index in [1.54, 1.807) is 39.6 Å². The number of ether oxygens (including phenoxy) is 2. The molecule has 6 N–H and O–H groups in total. The first kappa shape index (κ1) is 28.3. The Kier molecular flexibility index (Phi) is 7.84. The van der Waals surface area contributed by atoms with Gasteiger partial charge in [0.25, 0.3) is 11.8 Å². The van der Waals surface area contributed by atoms with Gasteiger partial charge in [-0.3, -0.25) is 9.59 Å². The number of aliphatic hydroxyl groups is 1. The van der Waals surface area contributed by atoms with Crippen molar-refractivity contribution in [1.82, 2.24) is 19.1 Å². The van der Waals surface area contributed by atoms with Gasteiger partial charge < -0.3 is 40.3 Å². The number of hydrogen-bond acceptors (Lipinski definition) is 8. The van der Waals surface area contributed by atoms with E-state index in [0.717, 1.165) is 14.5 Å². The number of carboxylic acids is 1. The van der Waals surface area contributed by atoms with Crippen LogP contribution in [0, 0.1) is 0 Å². The van der Waals surface area contributed by atoms with E-state index in [0.29, 0.717) is 35.3 Å². The van der Waals surface area contributed by atoms with E-state index in [2.05, 4.69) is 41.8 Å². The summed E-state index contributed by atoms with van der Waals surface area (Å²) in [5.74, 6) is -0.275. The number of imidazole rings is 2. The second-order valence-electron chi connectivity index (χ2n) is 9.08. The molecule has 212 valence electrons. The Morgan fingerprint density at radius 1 is 0.854 bits per heavy atom. The average molecular weight is 690 g/mol. The summed E-state index contributed by atoms with van der Waals surface area (Å²) < 4.78 is 16.3. The third kappa shape index (κ3) is 5.82. The van der Waals surface area contributed by atoms with Crippen LogP contribution in [0.2, 0.25) is 0 Å². The molecule has 41 heavy (non-hydrogen) atoms. The maximum atomic E-state index is 11.3. The summed E-state index contributed by atoms with van der Waals surface area (Å²) in [6.45, 7) is 0.314. The lowest BCUT2D eigenvalue weighted by molar-refractivity contribution is -0.145. The van der Waals surface area contributed by atoms with Crippen LogP contribution in [-0.2, 0) is 17.9 Å². The molecule has 0 fully saturated rings. The van der Waals surface area contributed by atoms with Crippen LogP contribution in [-0.4, -0.2) is 65.9 Å². The lowest BCUT2D eigenvalue weighted by Crippen LogP contribution is -2.30. The number of primary amides is 2. The number of fused-ring (bicyclic) bond motifs is 6. The van der Waals surface area contributed by atoms with Crippen LogP contribution in [0.3, 0.4) is 0 Å². The highest BCUT2D eigenvalue weighted by Crippen LogP contribution is 2.36. The number of carbonyl (C=O) groups excluding carboxylic acids is 2. The Bertz CT molecular complexity index is 1680. The van der Waals surface area contributed by atoms with Crippen LogP contribution in [0.25, 0.3) is 22.8 Å². The van der Waals surface area contributed by atoms with Crippen molar-refractivity contribution in [2.45, 2.75) is 25.3 Å². The molecule has 2 aliphatic rings. The quantitative estimate of drug-likeness (QED) is 0.249. The zero-order valence-electron chi connectivity index (χ0n) is 21.0. The van der Waals surface area contributed by atoms with Crippen molar-refractivity contribution in [3.63, 3.8) is 0 Å². The van der Waals surface area contributed by atoms with Crippen molar-refractivity contribution >= 4 is 49.6 Å². The minimum atomic E-state index is -1.09. The standard InChI is InChI=1S/C13H10BrN3O4.C13H12BrN3O3/c14-6-1-2-9-7(3-6)12-16-8(11(15)18)4-17(12)5-10(21-9)13(19)20;14-7-1-2-11-9(3-7)13-16-10(12(15)19)5-17(13)4-8(6-18)20-11/h1-4,10H,5H2,(H2,15,18)(H,19,20);1-3,5,8,18H,4,6H2,(H2,15,19). The number of hydrogen-bond donors (Lipinski definition) is 4. The van der Waals surface area contributed by atoms with E-state index in [1.165, 1.54) is 6.20 Å². The zero-order valence-corrected chi connectivity index (χ0v) is 24.2.